The van der Waals surface area contributed by atoms with Gasteiger partial charge in [0.2, 0.25) is 17.7 Å². The van der Waals surface area contributed by atoms with Crippen LogP contribution in [-0.2, 0) is 25.6 Å². The van der Waals surface area contributed by atoms with Crippen LogP contribution in [0.1, 0.15) is 31.7 Å². The highest BCUT2D eigenvalue weighted by atomic mass is 32.2. The molecule has 3 rings (SSSR count). The number of carbonyl (C=O) groups excluding carboxylic acids is 3. The number of nitrogens with zero attached hydrogens (tertiary/aromatic N) is 1. The maximum Gasteiger partial charge on any atom is 0.326 e. The summed E-state index contributed by atoms with van der Waals surface area (Å²) in [5.74, 6) is -2.32. The van der Waals surface area contributed by atoms with Crippen LogP contribution in [-0.4, -0.2) is 92.6 Å². The summed E-state index contributed by atoms with van der Waals surface area (Å²) in [4.78, 5) is 55.3. The van der Waals surface area contributed by atoms with Crippen LogP contribution in [0.15, 0.2) is 30.5 Å². The second kappa shape index (κ2) is 12.9. The zero-order valence-corrected chi connectivity index (χ0v) is 21.8. The maximum atomic E-state index is 13.4. The molecule has 7 N–H and O–H groups in total. The van der Waals surface area contributed by atoms with Gasteiger partial charge in [0.15, 0.2) is 0 Å². The highest BCUT2D eigenvalue weighted by Crippen LogP contribution is 2.21. The van der Waals surface area contributed by atoms with Crippen molar-refractivity contribution in [3.05, 3.63) is 36.0 Å². The SMILES string of the molecule is CSCCC(N)C(=O)NC(Cc1c[nH]c2ccccc12)C(=O)NC(C(=O)N1CCCC1C(=O)O)C(C)O. The third kappa shape index (κ3) is 7.02. The number of rotatable bonds is 12. The summed E-state index contributed by atoms with van der Waals surface area (Å²) in [6.07, 6.45) is 3.71. The third-order valence-corrected chi connectivity index (χ3v) is 7.21. The number of fused-ring (bicyclic) bond motifs is 1. The predicted molar refractivity (Wildman–Crippen MR) is 141 cm³/mol. The number of thioether (sulfide) groups is 1. The quantitative estimate of drug-likeness (QED) is 0.224. The van der Waals surface area contributed by atoms with Crippen molar-refractivity contribution in [1.82, 2.24) is 20.5 Å². The van der Waals surface area contributed by atoms with E-state index in [1.54, 1.807) is 18.0 Å². The van der Waals surface area contributed by atoms with E-state index >= 15 is 0 Å². The van der Waals surface area contributed by atoms with Crippen LogP contribution in [0.4, 0.5) is 0 Å². The van der Waals surface area contributed by atoms with Gasteiger partial charge in [-0.25, -0.2) is 4.79 Å². The molecule has 0 spiro atoms. The zero-order chi connectivity index (χ0) is 27.1. The summed E-state index contributed by atoms with van der Waals surface area (Å²) >= 11 is 1.55. The minimum Gasteiger partial charge on any atom is -0.480 e. The van der Waals surface area contributed by atoms with Crippen molar-refractivity contribution in [2.24, 2.45) is 5.73 Å². The molecule has 1 saturated heterocycles. The van der Waals surface area contributed by atoms with Crippen LogP contribution >= 0.6 is 11.8 Å². The second-order valence-electron chi connectivity index (χ2n) is 9.27. The minimum atomic E-state index is -1.38. The van der Waals surface area contributed by atoms with Crippen LogP contribution in [0.2, 0.25) is 0 Å². The Hall–Kier alpha value is -3.09. The molecule has 1 aromatic carbocycles. The number of aromatic amines is 1. The van der Waals surface area contributed by atoms with Gasteiger partial charge in [-0.2, -0.15) is 11.8 Å². The number of amides is 3. The molecule has 37 heavy (non-hydrogen) atoms. The van der Waals surface area contributed by atoms with E-state index in [0.717, 1.165) is 16.5 Å². The molecule has 3 amide bonds. The number of para-hydroxylation sites is 1. The van der Waals surface area contributed by atoms with Crippen molar-refractivity contribution >= 4 is 46.4 Å². The Morgan fingerprint density at radius 2 is 1.95 bits per heavy atom. The summed E-state index contributed by atoms with van der Waals surface area (Å²) in [6, 6.07) is 3.23. The monoisotopic (exact) mass is 533 g/mol. The molecule has 5 atom stereocenters. The largest absolute Gasteiger partial charge is 0.480 e. The zero-order valence-electron chi connectivity index (χ0n) is 21.0. The number of carbonyl (C=O) groups is 4. The fourth-order valence-electron chi connectivity index (χ4n) is 4.49. The molecule has 11 nitrogen and oxygen atoms in total. The van der Waals surface area contributed by atoms with E-state index in [9.17, 15) is 29.4 Å². The van der Waals surface area contributed by atoms with Gasteiger partial charge in [-0.1, -0.05) is 18.2 Å². The minimum absolute atomic E-state index is 0.110. The van der Waals surface area contributed by atoms with Gasteiger partial charge in [0, 0.05) is 30.1 Å². The lowest BCUT2D eigenvalue weighted by Crippen LogP contribution is -2.60. The topological polar surface area (TPSA) is 178 Å². The van der Waals surface area contributed by atoms with Crippen molar-refractivity contribution in [2.75, 3.05) is 18.6 Å². The summed E-state index contributed by atoms with van der Waals surface area (Å²) in [5.41, 5.74) is 7.66. The number of nitrogens with two attached hydrogens (primary N) is 1. The number of carboxylic acids is 1. The second-order valence-corrected chi connectivity index (χ2v) is 10.3. The number of carboxylic acid groups (broad SMARTS) is 1. The van der Waals surface area contributed by atoms with E-state index in [1.807, 2.05) is 30.5 Å². The number of hydrogen-bond acceptors (Lipinski definition) is 7. The normalized spacial score (nSPS) is 18.7. The Bertz CT molecular complexity index is 1120. The number of aliphatic hydroxyl groups excluding tert-OH is 1. The van der Waals surface area contributed by atoms with E-state index in [-0.39, 0.29) is 13.0 Å². The number of H-pyrrole nitrogens is 1. The van der Waals surface area contributed by atoms with Crippen LogP contribution in [0.25, 0.3) is 10.9 Å². The first-order chi connectivity index (χ1) is 17.6. The van der Waals surface area contributed by atoms with E-state index < -0.39 is 54.0 Å². The smallest absolute Gasteiger partial charge is 0.326 e. The van der Waals surface area contributed by atoms with Crippen molar-refractivity contribution in [1.29, 1.82) is 0 Å². The highest BCUT2D eigenvalue weighted by Gasteiger charge is 2.40. The van der Waals surface area contributed by atoms with E-state index in [1.165, 1.54) is 11.8 Å². The van der Waals surface area contributed by atoms with Crippen LogP contribution in [0.3, 0.4) is 0 Å². The van der Waals surface area contributed by atoms with E-state index in [2.05, 4.69) is 15.6 Å². The van der Waals surface area contributed by atoms with Gasteiger partial charge in [-0.15, -0.1) is 0 Å². The first-order valence-corrected chi connectivity index (χ1v) is 13.6. The van der Waals surface area contributed by atoms with Crippen LogP contribution in [0.5, 0.6) is 0 Å². The molecular weight excluding hydrogens is 498 g/mol. The van der Waals surface area contributed by atoms with Crippen LogP contribution in [0, 0.1) is 0 Å². The Labute approximate surface area is 219 Å². The number of likely N-dealkylation sites (tertiary alicyclic amines) is 1. The standard InChI is InChI=1S/C25H35N5O6S/c1-14(31)21(24(34)30-10-5-8-20(30)25(35)36)29-23(33)19(28-22(32)17(26)9-11-37-2)12-15-13-27-18-7-4-3-6-16(15)18/h3-4,6-7,13-14,17,19-21,27,31H,5,8-12,26H2,1-2H3,(H,28,32)(H,29,33)(H,35,36). The molecular formula is C25H35N5O6S. The summed E-state index contributed by atoms with van der Waals surface area (Å²) in [5, 5.41) is 25.9. The van der Waals surface area contributed by atoms with E-state index in [4.69, 9.17) is 5.73 Å². The number of aliphatic carboxylic acids is 1. The molecule has 0 saturated carbocycles. The first kappa shape index (κ1) is 28.5. The Morgan fingerprint density at radius 3 is 2.62 bits per heavy atom. The van der Waals surface area contributed by atoms with Crippen molar-refractivity contribution in [2.45, 2.75) is 62.9 Å². The Kier molecular flexibility index (Phi) is 9.95. The molecule has 12 heteroatoms. The summed E-state index contributed by atoms with van der Waals surface area (Å²) < 4.78 is 0. The molecule has 5 unspecified atom stereocenters. The molecule has 202 valence electrons. The molecule has 1 aliphatic rings. The maximum absolute atomic E-state index is 13.4. The molecule has 0 bridgehead atoms. The van der Waals surface area contributed by atoms with E-state index in [0.29, 0.717) is 25.0 Å². The fraction of sp³-hybridized carbons (Fsp3) is 0.520. The van der Waals surface area contributed by atoms with Gasteiger partial charge in [0.05, 0.1) is 12.1 Å². The average molecular weight is 534 g/mol. The highest BCUT2D eigenvalue weighted by molar-refractivity contribution is 7.98. The first-order valence-electron chi connectivity index (χ1n) is 12.3. The Balaban J connectivity index is 1.82. The summed E-state index contributed by atoms with van der Waals surface area (Å²) in [7, 11) is 0. The van der Waals surface area contributed by atoms with Gasteiger partial charge < -0.3 is 36.5 Å². The summed E-state index contributed by atoms with van der Waals surface area (Å²) in [6.45, 7) is 1.56. The fourth-order valence-corrected chi connectivity index (χ4v) is 4.98. The molecule has 1 aliphatic heterocycles. The van der Waals surface area contributed by atoms with Gasteiger partial charge in [-0.05, 0) is 49.8 Å². The number of hydrogen-bond donors (Lipinski definition) is 6. The molecule has 2 heterocycles. The molecule has 1 fully saturated rings. The third-order valence-electron chi connectivity index (χ3n) is 6.57. The molecule has 0 aliphatic carbocycles. The average Bonchev–Trinajstić information content (AvgIpc) is 3.52. The number of benzene rings is 1. The molecule has 1 aromatic heterocycles. The van der Waals surface area contributed by atoms with Gasteiger partial charge in [0.1, 0.15) is 18.1 Å². The van der Waals surface area contributed by atoms with Crippen LogP contribution < -0.4 is 16.4 Å². The lowest BCUT2D eigenvalue weighted by molar-refractivity contribution is -0.150. The van der Waals surface area contributed by atoms with Gasteiger partial charge >= 0.3 is 5.97 Å². The predicted octanol–water partition coefficient (Wildman–Crippen LogP) is 0.217. The van der Waals surface area contributed by atoms with Crippen molar-refractivity contribution in [3.8, 4) is 0 Å². The van der Waals surface area contributed by atoms with Crippen molar-refractivity contribution < 1.29 is 29.4 Å². The Morgan fingerprint density at radius 1 is 1.22 bits per heavy atom. The molecule has 2 aromatic rings. The lowest BCUT2D eigenvalue weighted by Gasteiger charge is -2.30. The van der Waals surface area contributed by atoms with Gasteiger partial charge in [0.25, 0.3) is 0 Å². The number of aliphatic hydroxyl groups is 1. The lowest BCUT2D eigenvalue weighted by atomic mass is 10.0. The number of nitrogens with one attached hydrogen (secondary N) is 3. The van der Waals surface area contributed by atoms with Crippen molar-refractivity contribution in [3.63, 3.8) is 0 Å². The van der Waals surface area contributed by atoms with Gasteiger partial charge in [-0.3, -0.25) is 14.4 Å². The number of aromatic nitrogens is 1. The molecule has 0 radical (unpaired) electrons.